The van der Waals surface area contributed by atoms with E-state index in [4.69, 9.17) is 4.74 Å². The molecule has 0 fully saturated rings. The number of hydrazone groups is 1. The Labute approximate surface area is 188 Å². The number of ether oxygens (including phenoxy) is 1. The minimum atomic E-state index is -0.478. The monoisotopic (exact) mass is 435 g/mol. The Kier molecular flexibility index (Phi) is 8.54. The van der Waals surface area contributed by atoms with E-state index in [0.29, 0.717) is 19.4 Å². The lowest BCUT2D eigenvalue weighted by Crippen LogP contribution is -2.35. The predicted molar refractivity (Wildman–Crippen MR) is 122 cm³/mol. The molecule has 7 nitrogen and oxygen atoms in total. The van der Waals surface area contributed by atoms with Gasteiger partial charge in [0.15, 0.2) is 0 Å². The Morgan fingerprint density at radius 3 is 2.41 bits per heavy atom. The maximum absolute atomic E-state index is 12.5. The molecule has 1 N–H and O–H groups in total. The van der Waals surface area contributed by atoms with Crippen LogP contribution in [-0.2, 0) is 25.5 Å². The van der Waals surface area contributed by atoms with Crippen molar-refractivity contribution < 1.29 is 19.1 Å². The maximum atomic E-state index is 12.5. The number of nitrogens with zero attached hydrogens (tertiary/aromatic N) is 2. The molecule has 0 aliphatic carbocycles. The summed E-state index contributed by atoms with van der Waals surface area (Å²) in [5.74, 6) is -1.27. The van der Waals surface area contributed by atoms with Crippen molar-refractivity contribution in [3.05, 3.63) is 71.8 Å². The Morgan fingerprint density at radius 1 is 1.03 bits per heavy atom. The van der Waals surface area contributed by atoms with Crippen molar-refractivity contribution in [2.24, 2.45) is 11.0 Å². The summed E-state index contributed by atoms with van der Waals surface area (Å²) in [5.41, 5.74) is 2.88. The van der Waals surface area contributed by atoms with E-state index < -0.39 is 5.92 Å². The molecule has 7 heteroatoms. The molecule has 2 aromatic carbocycles. The zero-order valence-electron chi connectivity index (χ0n) is 18.3. The molecule has 1 heterocycles. The van der Waals surface area contributed by atoms with Crippen molar-refractivity contribution in [1.82, 2.24) is 10.3 Å². The van der Waals surface area contributed by atoms with Gasteiger partial charge in [-0.2, -0.15) is 5.10 Å². The molecule has 1 aliphatic heterocycles. The summed E-state index contributed by atoms with van der Waals surface area (Å²) in [4.78, 5) is 37.1. The number of carbonyl (C=O) groups is 3. The third kappa shape index (κ3) is 6.77. The SMILES string of the molecule is CCOC(=O)C(CNC(=O)CCC(=O)N1CCC(c2ccccc2)=N1)Cc1ccccc1. The number of nitrogens with one attached hydrogen (secondary N) is 1. The van der Waals surface area contributed by atoms with Gasteiger partial charge in [-0.1, -0.05) is 60.7 Å². The van der Waals surface area contributed by atoms with Gasteiger partial charge in [-0.05, 0) is 24.5 Å². The molecule has 0 aromatic heterocycles. The number of hydrogen-bond acceptors (Lipinski definition) is 5. The van der Waals surface area contributed by atoms with E-state index in [-0.39, 0.29) is 43.8 Å². The lowest BCUT2D eigenvalue weighted by Gasteiger charge is -2.17. The summed E-state index contributed by atoms with van der Waals surface area (Å²) in [5, 5.41) is 8.62. The Hall–Kier alpha value is -3.48. The van der Waals surface area contributed by atoms with Gasteiger partial charge in [-0.25, -0.2) is 5.01 Å². The van der Waals surface area contributed by atoms with Crippen LogP contribution in [0, 0.1) is 5.92 Å². The second kappa shape index (κ2) is 11.8. The molecule has 1 atom stereocenters. The van der Waals surface area contributed by atoms with E-state index in [9.17, 15) is 14.4 Å². The lowest BCUT2D eigenvalue weighted by atomic mass is 9.99. The van der Waals surface area contributed by atoms with Crippen molar-refractivity contribution in [2.45, 2.75) is 32.6 Å². The summed E-state index contributed by atoms with van der Waals surface area (Å²) in [6, 6.07) is 19.4. The number of esters is 1. The summed E-state index contributed by atoms with van der Waals surface area (Å²) >= 11 is 0. The highest BCUT2D eigenvalue weighted by molar-refractivity contribution is 6.02. The summed E-state index contributed by atoms with van der Waals surface area (Å²) in [7, 11) is 0. The highest BCUT2D eigenvalue weighted by Crippen LogP contribution is 2.15. The van der Waals surface area contributed by atoms with Crippen LogP contribution < -0.4 is 5.32 Å². The van der Waals surface area contributed by atoms with Crippen LogP contribution in [0.25, 0.3) is 0 Å². The van der Waals surface area contributed by atoms with E-state index in [2.05, 4.69) is 10.4 Å². The molecule has 0 saturated carbocycles. The van der Waals surface area contributed by atoms with Crippen LogP contribution in [0.3, 0.4) is 0 Å². The first-order valence-electron chi connectivity index (χ1n) is 11.0. The van der Waals surface area contributed by atoms with Crippen LogP contribution in [0.4, 0.5) is 0 Å². The van der Waals surface area contributed by atoms with Crippen LogP contribution in [0.15, 0.2) is 65.8 Å². The smallest absolute Gasteiger partial charge is 0.311 e. The first-order chi connectivity index (χ1) is 15.6. The molecule has 1 unspecified atom stereocenters. The second-order valence-electron chi connectivity index (χ2n) is 7.62. The van der Waals surface area contributed by atoms with E-state index in [1.165, 1.54) is 5.01 Å². The predicted octanol–water partition coefficient (Wildman–Crippen LogP) is 2.94. The zero-order valence-corrected chi connectivity index (χ0v) is 18.3. The minimum Gasteiger partial charge on any atom is -0.466 e. The van der Waals surface area contributed by atoms with E-state index in [0.717, 1.165) is 16.8 Å². The van der Waals surface area contributed by atoms with E-state index in [1.54, 1.807) is 6.92 Å². The third-order valence-electron chi connectivity index (χ3n) is 5.25. The highest BCUT2D eigenvalue weighted by Gasteiger charge is 2.23. The maximum Gasteiger partial charge on any atom is 0.311 e. The molecule has 0 spiro atoms. The number of rotatable bonds is 10. The Balaban J connectivity index is 1.47. The summed E-state index contributed by atoms with van der Waals surface area (Å²) in [6.07, 6.45) is 1.29. The third-order valence-corrected chi connectivity index (χ3v) is 5.25. The second-order valence-corrected chi connectivity index (χ2v) is 7.62. The van der Waals surface area contributed by atoms with Gasteiger partial charge < -0.3 is 10.1 Å². The van der Waals surface area contributed by atoms with Gasteiger partial charge in [0.1, 0.15) is 0 Å². The van der Waals surface area contributed by atoms with Gasteiger partial charge in [0.25, 0.3) is 0 Å². The van der Waals surface area contributed by atoms with Crippen LogP contribution in [0.5, 0.6) is 0 Å². The largest absolute Gasteiger partial charge is 0.466 e. The molecule has 0 saturated heterocycles. The zero-order chi connectivity index (χ0) is 22.8. The van der Waals surface area contributed by atoms with Crippen molar-refractivity contribution >= 4 is 23.5 Å². The van der Waals surface area contributed by atoms with Gasteiger partial charge in [-0.3, -0.25) is 14.4 Å². The molecule has 0 radical (unpaired) electrons. The van der Waals surface area contributed by atoms with Gasteiger partial charge >= 0.3 is 5.97 Å². The quantitative estimate of drug-likeness (QED) is 0.581. The normalized spacial score (nSPS) is 13.9. The van der Waals surface area contributed by atoms with E-state index >= 15 is 0 Å². The van der Waals surface area contributed by atoms with Crippen molar-refractivity contribution in [2.75, 3.05) is 19.7 Å². The fourth-order valence-electron chi connectivity index (χ4n) is 3.54. The summed E-state index contributed by atoms with van der Waals surface area (Å²) in [6.45, 7) is 2.73. The molecular formula is C25H29N3O4. The molecule has 3 rings (SSSR count). The van der Waals surface area contributed by atoms with Crippen LogP contribution in [-0.4, -0.2) is 48.2 Å². The molecule has 2 amide bonds. The number of benzene rings is 2. The van der Waals surface area contributed by atoms with Gasteiger partial charge in [0.05, 0.1) is 24.8 Å². The van der Waals surface area contributed by atoms with Gasteiger partial charge in [-0.15, -0.1) is 0 Å². The van der Waals surface area contributed by atoms with Gasteiger partial charge in [0, 0.05) is 25.8 Å². The average molecular weight is 436 g/mol. The van der Waals surface area contributed by atoms with Gasteiger partial charge in [0.2, 0.25) is 11.8 Å². The molecule has 0 bridgehead atoms. The minimum absolute atomic E-state index is 0.0480. The average Bonchev–Trinajstić information content (AvgIpc) is 3.32. The number of hydrogen-bond donors (Lipinski definition) is 1. The van der Waals surface area contributed by atoms with Crippen molar-refractivity contribution in [1.29, 1.82) is 0 Å². The lowest BCUT2D eigenvalue weighted by molar-refractivity contribution is -0.148. The van der Waals surface area contributed by atoms with E-state index in [1.807, 2.05) is 60.7 Å². The molecular weight excluding hydrogens is 406 g/mol. The standard InChI is InChI=1S/C25H29N3O4/c1-2-32-25(31)21(17-19-9-5-3-6-10-19)18-26-23(29)13-14-24(30)28-16-15-22(27-28)20-11-7-4-8-12-20/h3-12,21H,2,13-18H2,1H3,(H,26,29). The Bertz CT molecular complexity index is 944. The first-order valence-corrected chi connectivity index (χ1v) is 11.0. The van der Waals surface area contributed by atoms with Crippen molar-refractivity contribution in [3.8, 4) is 0 Å². The number of amides is 2. The highest BCUT2D eigenvalue weighted by atomic mass is 16.5. The molecule has 168 valence electrons. The fraction of sp³-hybridized carbons (Fsp3) is 0.360. The van der Waals surface area contributed by atoms with Crippen LogP contribution in [0.2, 0.25) is 0 Å². The van der Waals surface area contributed by atoms with Crippen LogP contribution in [0.1, 0.15) is 37.3 Å². The molecule has 1 aliphatic rings. The number of carbonyl (C=O) groups excluding carboxylic acids is 3. The Morgan fingerprint density at radius 2 is 1.72 bits per heavy atom. The first kappa shape index (κ1) is 23.2. The summed E-state index contributed by atoms with van der Waals surface area (Å²) < 4.78 is 5.16. The molecule has 2 aromatic rings. The molecule has 32 heavy (non-hydrogen) atoms. The van der Waals surface area contributed by atoms with Crippen molar-refractivity contribution in [3.63, 3.8) is 0 Å². The van der Waals surface area contributed by atoms with Crippen LogP contribution >= 0.6 is 0 Å². The fourth-order valence-corrected chi connectivity index (χ4v) is 3.54. The topological polar surface area (TPSA) is 88.1 Å².